The molecule has 8 heteroatoms. The van der Waals surface area contributed by atoms with Gasteiger partial charge in [0.05, 0.1) is 17.2 Å². The maximum absolute atomic E-state index is 11.4. The second-order valence-corrected chi connectivity index (χ2v) is 8.70. The van der Waals surface area contributed by atoms with Gasteiger partial charge in [-0.15, -0.1) is 0 Å². The highest BCUT2D eigenvalue weighted by Crippen LogP contribution is 2.34. The number of benzene rings is 2. The molecule has 2 N–H and O–H groups in total. The van der Waals surface area contributed by atoms with Gasteiger partial charge in [0, 0.05) is 11.0 Å². The van der Waals surface area contributed by atoms with E-state index in [4.69, 9.17) is 32.7 Å². The Morgan fingerprint density at radius 3 is 2.48 bits per heavy atom. The molecule has 0 heterocycles. The summed E-state index contributed by atoms with van der Waals surface area (Å²) in [4.78, 5) is 11.4. The summed E-state index contributed by atoms with van der Waals surface area (Å²) in [6.45, 7) is 4.67. The van der Waals surface area contributed by atoms with Crippen molar-refractivity contribution in [3.05, 3.63) is 56.0 Å². The van der Waals surface area contributed by atoms with Crippen molar-refractivity contribution in [1.29, 1.82) is 0 Å². The zero-order chi connectivity index (χ0) is 21.6. The molecule has 0 spiro atoms. The van der Waals surface area contributed by atoms with Gasteiger partial charge < -0.3 is 19.9 Å². The predicted octanol–water partition coefficient (Wildman–Crippen LogP) is 5.93. The molecule has 158 valence electrons. The second-order valence-electron chi connectivity index (χ2n) is 7.03. The number of carboxylic acid groups (broad SMARTS) is 1. The Bertz CT molecular complexity index is 861. The Morgan fingerprint density at radius 1 is 1.17 bits per heavy atom. The maximum atomic E-state index is 11.4. The molecular formula is C21H24BrCl2NO4. The summed E-state index contributed by atoms with van der Waals surface area (Å²) >= 11 is 15.5. The molecule has 0 saturated carbocycles. The first-order chi connectivity index (χ1) is 13.7. The lowest BCUT2D eigenvalue weighted by molar-refractivity contribution is -0.140. The van der Waals surface area contributed by atoms with Gasteiger partial charge in [0.25, 0.3) is 0 Å². The summed E-state index contributed by atoms with van der Waals surface area (Å²) in [6.07, 6.45) is 0.551. The third kappa shape index (κ3) is 7.07. The minimum Gasteiger partial charge on any atom is -0.493 e. The Hall–Kier alpha value is -1.47. The van der Waals surface area contributed by atoms with E-state index < -0.39 is 12.0 Å². The molecule has 0 bridgehead atoms. The first-order valence-electron chi connectivity index (χ1n) is 9.10. The summed E-state index contributed by atoms with van der Waals surface area (Å²) in [6, 6.07) is 8.35. The average molecular weight is 505 g/mol. The highest BCUT2D eigenvalue weighted by atomic mass is 79.9. The molecule has 0 aromatic heterocycles. The normalized spacial score (nSPS) is 12.1. The minimum atomic E-state index is -0.858. The molecule has 29 heavy (non-hydrogen) atoms. The topological polar surface area (TPSA) is 67.8 Å². The van der Waals surface area contributed by atoms with Crippen molar-refractivity contribution in [3.63, 3.8) is 0 Å². The Morgan fingerprint density at radius 2 is 1.90 bits per heavy atom. The van der Waals surface area contributed by atoms with Crippen molar-refractivity contribution in [3.8, 4) is 11.5 Å². The van der Waals surface area contributed by atoms with Crippen molar-refractivity contribution >= 4 is 45.1 Å². The summed E-state index contributed by atoms with van der Waals surface area (Å²) in [5.74, 6) is 0.536. The third-order valence-electron chi connectivity index (χ3n) is 4.26. The van der Waals surface area contributed by atoms with Crippen molar-refractivity contribution in [2.45, 2.75) is 39.5 Å². The quantitative estimate of drug-likeness (QED) is 0.419. The highest BCUT2D eigenvalue weighted by Gasteiger charge is 2.19. The first kappa shape index (κ1) is 23.8. The Kier molecular flexibility index (Phi) is 9.08. The third-order valence-corrected chi connectivity index (χ3v) is 5.73. The molecule has 1 atom stereocenters. The fourth-order valence-electron chi connectivity index (χ4n) is 2.75. The van der Waals surface area contributed by atoms with Crippen LogP contribution in [-0.2, 0) is 17.9 Å². The van der Waals surface area contributed by atoms with Gasteiger partial charge in [-0.25, -0.2) is 0 Å². The van der Waals surface area contributed by atoms with Gasteiger partial charge in [-0.05, 0) is 47.7 Å². The largest absolute Gasteiger partial charge is 0.493 e. The van der Waals surface area contributed by atoms with Crippen LogP contribution in [0.3, 0.4) is 0 Å². The van der Waals surface area contributed by atoms with E-state index in [2.05, 4.69) is 21.2 Å². The molecule has 2 rings (SSSR count). The number of hydrogen-bond donors (Lipinski definition) is 2. The summed E-state index contributed by atoms with van der Waals surface area (Å²) in [7, 11) is 1.56. The standard InChI is InChI=1S/C21H24BrCl2NO4/c1-12(2)6-18(21(26)27)25-10-14-8-19(28-3)20(9-15(14)22)29-11-13-4-5-16(23)17(24)7-13/h4-5,7-9,12,18,25H,6,10-11H2,1-3H3,(H,26,27). The molecule has 5 nitrogen and oxygen atoms in total. The molecular weight excluding hydrogens is 481 g/mol. The summed E-state index contributed by atoms with van der Waals surface area (Å²) in [5.41, 5.74) is 1.75. The monoisotopic (exact) mass is 503 g/mol. The van der Waals surface area contributed by atoms with Crippen LogP contribution in [0.4, 0.5) is 0 Å². The van der Waals surface area contributed by atoms with Gasteiger partial charge in [-0.3, -0.25) is 4.79 Å². The lowest BCUT2D eigenvalue weighted by Gasteiger charge is -2.18. The van der Waals surface area contributed by atoms with Gasteiger partial charge in [0.15, 0.2) is 11.5 Å². The first-order valence-corrected chi connectivity index (χ1v) is 10.7. The van der Waals surface area contributed by atoms with Gasteiger partial charge in [0.1, 0.15) is 12.6 Å². The number of methoxy groups -OCH3 is 1. The molecule has 0 fully saturated rings. The van der Waals surface area contributed by atoms with E-state index in [1.165, 1.54) is 0 Å². The molecule has 0 aliphatic carbocycles. The van der Waals surface area contributed by atoms with Crippen LogP contribution < -0.4 is 14.8 Å². The fourth-order valence-corrected chi connectivity index (χ4v) is 3.53. The van der Waals surface area contributed by atoms with E-state index in [-0.39, 0.29) is 5.92 Å². The van der Waals surface area contributed by atoms with Crippen molar-refractivity contribution in [1.82, 2.24) is 5.32 Å². The molecule has 0 aliphatic rings. The van der Waals surface area contributed by atoms with Crippen LogP contribution in [0, 0.1) is 5.92 Å². The van der Waals surface area contributed by atoms with Crippen LogP contribution in [0.25, 0.3) is 0 Å². The zero-order valence-electron chi connectivity index (χ0n) is 16.5. The number of halogens is 3. The van der Waals surface area contributed by atoms with Gasteiger partial charge in [-0.1, -0.05) is 59.0 Å². The number of ether oxygens (including phenoxy) is 2. The Balaban J connectivity index is 2.11. The molecule has 2 aromatic carbocycles. The Labute approximate surface area is 189 Å². The van der Waals surface area contributed by atoms with E-state index in [1.54, 1.807) is 19.2 Å². The molecule has 0 amide bonds. The minimum absolute atomic E-state index is 0.277. The van der Waals surface area contributed by atoms with Crippen molar-refractivity contribution in [2.24, 2.45) is 5.92 Å². The highest BCUT2D eigenvalue weighted by molar-refractivity contribution is 9.10. The van der Waals surface area contributed by atoms with Crippen LogP contribution in [-0.4, -0.2) is 24.2 Å². The van der Waals surface area contributed by atoms with Gasteiger partial charge in [0.2, 0.25) is 0 Å². The van der Waals surface area contributed by atoms with Crippen LogP contribution in [0.1, 0.15) is 31.4 Å². The number of rotatable bonds is 10. The average Bonchev–Trinajstić information content (AvgIpc) is 2.66. The SMILES string of the molecule is COc1cc(CNC(CC(C)C)C(=O)O)c(Br)cc1OCc1ccc(Cl)c(Cl)c1. The van der Waals surface area contributed by atoms with Gasteiger partial charge in [-0.2, -0.15) is 0 Å². The van der Waals surface area contributed by atoms with E-state index in [1.807, 2.05) is 32.0 Å². The van der Waals surface area contributed by atoms with E-state index in [9.17, 15) is 9.90 Å². The number of carbonyl (C=O) groups is 1. The smallest absolute Gasteiger partial charge is 0.320 e. The van der Waals surface area contributed by atoms with Crippen LogP contribution in [0.2, 0.25) is 10.0 Å². The summed E-state index contributed by atoms with van der Waals surface area (Å²) < 4.78 is 12.1. The molecule has 0 saturated heterocycles. The zero-order valence-corrected chi connectivity index (χ0v) is 19.6. The summed E-state index contributed by atoms with van der Waals surface area (Å²) in [5, 5.41) is 13.4. The van der Waals surface area contributed by atoms with Crippen molar-refractivity contribution in [2.75, 3.05) is 7.11 Å². The van der Waals surface area contributed by atoms with E-state index in [0.717, 1.165) is 15.6 Å². The van der Waals surface area contributed by atoms with Crippen LogP contribution >= 0.6 is 39.1 Å². The van der Waals surface area contributed by atoms with Crippen LogP contribution in [0.15, 0.2) is 34.8 Å². The lowest BCUT2D eigenvalue weighted by atomic mass is 10.0. The number of carboxylic acids is 1. The van der Waals surface area contributed by atoms with E-state index in [0.29, 0.717) is 41.1 Å². The number of aliphatic carboxylic acids is 1. The van der Waals surface area contributed by atoms with E-state index >= 15 is 0 Å². The lowest BCUT2D eigenvalue weighted by Crippen LogP contribution is -2.37. The second kappa shape index (κ2) is 11.1. The predicted molar refractivity (Wildman–Crippen MR) is 119 cm³/mol. The molecule has 0 aliphatic heterocycles. The molecule has 0 radical (unpaired) electrons. The van der Waals surface area contributed by atoms with Crippen LogP contribution in [0.5, 0.6) is 11.5 Å². The van der Waals surface area contributed by atoms with Gasteiger partial charge >= 0.3 is 5.97 Å². The number of nitrogens with one attached hydrogen (secondary N) is 1. The molecule has 2 aromatic rings. The maximum Gasteiger partial charge on any atom is 0.320 e. The van der Waals surface area contributed by atoms with Crippen molar-refractivity contribution < 1.29 is 19.4 Å². The number of hydrogen-bond acceptors (Lipinski definition) is 4. The fraction of sp³-hybridized carbons (Fsp3) is 0.381. The molecule has 1 unspecified atom stereocenters.